The number of aliphatic hydroxyl groups is 1. The largest absolute Gasteiger partial charge is 0.376 e. The SMILES string of the molecule is CS(=O)(=O)[C@H]1CC[C@H](C(O)N2Cc3c(cnc4c3ccn4S(=O)(=O)c3ccccc3)N2)CC1. The van der Waals surface area contributed by atoms with E-state index in [9.17, 15) is 21.9 Å². The van der Waals surface area contributed by atoms with Crippen LogP contribution in [0, 0.1) is 5.92 Å². The maximum absolute atomic E-state index is 13.1. The molecule has 0 spiro atoms. The molecular formula is C22H26N4O5S2. The van der Waals surface area contributed by atoms with Crippen molar-refractivity contribution in [1.29, 1.82) is 0 Å². The van der Waals surface area contributed by atoms with Crippen LogP contribution in [0.25, 0.3) is 11.0 Å². The summed E-state index contributed by atoms with van der Waals surface area (Å²) in [5.74, 6) is -0.0451. The highest BCUT2D eigenvalue weighted by Gasteiger charge is 2.36. The minimum Gasteiger partial charge on any atom is -0.376 e. The average molecular weight is 491 g/mol. The lowest BCUT2D eigenvalue weighted by molar-refractivity contribution is -0.0366. The molecule has 0 amide bonds. The van der Waals surface area contributed by atoms with Gasteiger partial charge in [-0.25, -0.2) is 25.8 Å². The summed E-state index contributed by atoms with van der Waals surface area (Å²) in [6.07, 6.45) is 5.94. The van der Waals surface area contributed by atoms with Gasteiger partial charge in [-0.1, -0.05) is 18.2 Å². The minimum absolute atomic E-state index is 0.0451. The summed E-state index contributed by atoms with van der Waals surface area (Å²) in [6, 6.07) is 9.94. The molecule has 0 saturated heterocycles. The third-order valence-electron chi connectivity index (χ3n) is 6.75. The number of hydrogen-bond acceptors (Lipinski definition) is 8. The summed E-state index contributed by atoms with van der Waals surface area (Å²) in [7, 11) is -6.84. The zero-order chi connectivity index (χ0) is 23.4. The first-order valence-electron chi connectivity index (χ1n) is 10.9. The van der Waals surface area contributed by atoms with E-state index in [1.165, 1.54) is 16.4 Å². The van der Waals surface area contributed by atoms with Crippen LogP contribution in [-0.4, -0.2) is 53.6 Å². The Bertz CT molecular complexity index is 1400. The third kappa shape index (κ3) is 3.92. The second kappa shape index (κ2) is 8.08. The van der Waals surface area contributed by atoms with Gasteiger partial charge < -0.3 is 10.5 Å². The van der Waals surface area contributed by atoms with Crippen molar-refractivity contribution < 1.29 is 21.9 Å². The molecule has 1 fully saturated rings. The van der Waals surface area contributed by atoms with Crippen molar-refractivity contribution in [3.8, 4) is 0 Å². The van der Waals surface area contributed by atoms with Gasteiger partial charge in [0.1, 0.15) is 16.1 Å². The molecule has 1 aliphatic heterocycles. The zero-order valence-corrected chi connectivity index (χ0v) is 19.8. The fourth-order valence-corrected chi connectivity index (χ4v) is 7.33. The number of fused-ring (bicyclic) bond motifs is 3. The van der Waals surface area contributed by atoms with Crippen molar-refractivity contribution in [3.05, 3.63) is 54.4 Å². The van der Waals surface area contributed by atoms with E-state index in [0.29, 0.717) is 43.3 Å². The quantitative estimate of drug-likeness (QED) is 0.559. The van der Waals surface area contributed by atoms with Crippen molar-refractivity contribution in [2.75, 3.05) is 11.7 Å². The Labute approximate surface area is 193 Å². The molecule has 0 bridgehead atoms. The Morgan fingerprint density at radius 3 is 2.42 bits per heavy atom. The van der Waals surface area contributed by atoms with Gasteiger partial charge in [-0.05, 0) is 43.9 Å². The van der Waals surface area contributed by atoms with E-state index in [1.54, 1.807) is 47.6 Å². The van der Waals surface area contributed by atoms with Crippen LogP contribution in [0.5, 0.6) is 0 Å². The number of aliphatic hydroxyl groups excluding tert-OH is 1. The molecule has 33 heavy (non-hydrogen) atoms. The maximum Gasteiger partial charge on any atom is 0.269 e. The molecule has 2 aliphatic rings. The predicted molar refractivity (Wildman–Crippen MR) is 125 cm³/mol. The number of pyridine rings is 1. The Balaban J connectivity index is 1.38. The zero-order valence-electron chi connectivity index (χ0n) is 18.1. The van der Waals surface area contributed by atoms with Crippen molar-refractivity contribution in [2.45, 2.75) is 48.6 Å². The van der Waals surface area contributed by atoms with Gasteiger partial charge in [0, 0.05) is 35.9 Å². The topological polar surface area (TPSA) is 122 Å². The molecule has 1 saturated carbocycles. The van der Waals surface area contributed by atoms with Crippen molar-refractivity contribution in [3.63, 3.8) is 0 Å². The third-order valence-corrected chi connectivity index (χ3v) is 10.1. The van der Waals surface area contributed by atoms with Gasteiger partial charge >= 0.3 is 0 Å². The molecule has 3 aromatic rings. The van der Waals surface area contributed by atoms with Crippen molar-refractivity contribution in [1.82, 2.24) is 14.0 Å². The maximum atomic E-state index is 13.1. The van der Waals surface area contributed by atoms with E-state index in [1.807, 2.05) is 0 Å². The van der Waals surface area contributed by atoms with Crippen LogP contribution in [-0.2, 0) is 26.4 Å². The number of rotatable bonds is 5. The molecule has 9 nitrogen and oxygen atoms in total. The predicted octanol–water partition coefficient (Wildman–Crippen LogP) is 2.34. The first kappa shape index (κ1) is 22.3. The lowest BCUT2D eigenvalue weighted by atomic mass is 9.87. The molecule has 1 atom stereocenters. The lowest BCUT2D eigenvalue weighted by Crippen LogP contribution is -2.43. The van der Waals surface area contributed by atoms with Crippen LogP contribution in [0.4, 0.5) is 5.69 Å². The first-order valence-corrected chi connectivity index (χ1v) is 14.3. The fraction of sp³-hybridized carbons (Fsp3) is 0.409. The van der Waals surface area contributed by atoms with Crippen LogP contribution in [0.3, 0.4) is 0 Å². The molecule has 2 N–H and O–H groups in total. The number of hydrazine groups is 1. The molecule has 3 heterocycles. The van der Waals surface area contributed by atoms with Gasteiger partial charge in [-0.2, -0.15) is 5.01 Å². The van der Waals surface area contributed by atoms with Gasteiger partial charge in [0.05, 0.1) is 22.0 Å². The molecule has 176 valence electrons. The number of nitrogens with one attached hydrogen (secondary N) is 1. The number of hydrogen-bond donors (Lipinski definition) is 2. The number of aromatic nitrogens is 2. The van der Waals surface area contributed by atoms with E-state index in [4.69, 9.17) is 0 Å². The Hall–Kier alpha value is -2.47. The summed E-state index contributed by atoms with van der Waals surface area (Å²) in [5, 5.41) is 13.1. The molecule has 2 aromatic heterocycles. The summed E-state index contributed by atoms with van der Waals surface area (Å²) >= 11 is 0. The average Bonchev–Trinajstić information content (AvgIpc) is 3.43. The summed E-state index contributed by atoms with van der Waals surface area (Å²) in [6.45, 7) is 0.386. The molecule has 1 aliphatic carbocycles. The minimum atomic E-state index is -3.78. The van der Waals surface area contributed by atoms with E-state index >= 15 is 0 Å². The highest BCUT2D eigenvalue weighted by atomic mass is 32.2. The van der Waals surface area contributed by atoms with E-state index < -0.39 is 26.1 Å². The molecule has 1 unspecified atom stereocenters. The van der Waals surface area contributed by atoms with Gasteiger partial charge in [0.15, 0.2) is 5.65 Å². The first-order chi connectivity index (χ1) is 15.7. The van der Waals surface area contributed by atoms with Gasteiger partial charge in [0.2, 0.25) is 0 Å². The van der Waals surface area contributed by atoms with E-state index in [2.05, 4.69) is 10.4 Å². The van der Waals surface area contributed by atoms with Gasteiger partial charge in [0.25, 0.3) is 10.0 Å². The smallest absolute Gasteiger partial charge is 0.269 e. The summed E-state index contributed by atoms with van der Waals surface area (Å²) in [5.41, 5.74) is 5.12. The monoisotopic (exact) mass is 490 g/mol. The summed E-state index contributed by atoms with van der Waals surface area (Å²) < 4.78 is 51.0. The Morgan fingerprint density at radius 1 is 1.06 bits per heavy atom. The van der Waals surface area contributed by atoms with E-state index in [-0.39, 0.29) is 16.1 Å². The van der Waals surface area contributed by atoms with Gasteiger partial charge in [-0.15, -0.1) is 0 Å². The Morgan fingerprint density at radius 2 is 1.76 bits per heavy atom. The summed E-state index contributed by atoms with van der Waals surface area (Å²) in [4.78, 5) is 4.58. The molecule has 11 heteroatoms. The van der Waals surface area contributed by atoms with Crippen LogP contribution in [0.1, 0.15) is 31.2 Å². The highest BCUT2D eigenvalue weighted by molar-refractivity contribution is 7.91. The number of benzene rings is 1. The number of nitrogens with zero attached hydrogens (tertiary/aromatic N) is 3. The van der Waals surface area contributed by atoms with Crippen LogP contribution < -0.4 is 5.43 Å². The normalized spacial score (nSPS) is 22.7. The standard InChI is InChI=1S/C22H26N4O5S2/c1-32(28,29)16-9-7-15(8-10-16)22(27)25-14-19-18-11-12-26(21(18)23-13-20(19)24-25)33(30,31)17-5-3-2-4-6-17/h2-6,11-13,15-16,22,24,27H,7-10,14H2,1H3/t15-,16-,22?. The van der Waals surface area contributed by atoms with Crippen LogP contribution in [0.2, 0.25) is 0 Å². The van der Waals surface area contributed by atoms with Crippen LogP contribution >= 0.6 is 0 Å². The second-order valence-electron chi connectivity index (χ2n) is 8.84. The number of anilines is 1. The molecule has 0 radical (unpaired) electrons. The molecule has 5 rings (SSSR count). The van der Waals surface area contributed by atoms with Crippen LogP contribution in [0.15, 0.2) is 53.7 Å². The highest BCUT2D eigenvalue weighted by Crippen LogP contribution is 2.37. The van der Waals surface area contributed by atoms with Crippen molar-refractivity contribution in [2.24, 2.45) is 5.92 Å². The lowest BCUT2D eigenvalue weighted by Gasteiger charge is -2.34. The van der Waals surface area contributed by atoms with Gasteiger partial charge in [-0.3, -0.25) is 0 Å². The molecule has 1 aromatic carbocycles. The van der Waals surface area contributed by atoms with E-state index in [0.717, 1.165) is 11.3 Å². The second-order valence-corrected chi connectivity index (χ2v) is 13.0. The Kier molecular flexibility index (Phi) is 5.47. The number of sulfone groups is 1. The fourth-order valence-electron chi connectivity index (χ4n) is 4.88. The molecular weight excluding hydrogens is 464 g/mol. The van der Waals surface area contributed by atoms with Crippen molar-refractivity contribution >= 4 is 36.6 Å².